The number of benzene rings is 1. The molecule has 0 unspecified atom stereocenters. The van der Waals surface area contributed by atoms with Crippen molar-refractivity contribution in [3.8, 4) is 0 Å². The molecule has 0 saturated carbocycles. The van der Waals surface area contributed by atoms with E-state index < -0.39 is 0 Å². The molecule has 2 rings (SSSR count). The highest BCUT2D eigenvalue weighted by Gasteiger charge is 2.18. The first kappa shape index (κ1) is 15.6. The second-order valence-corrected chi connectivity index (χ2v) is 6.49. The van der Waals surface area contributed by atoms with Crippen LogP contribution in [0.3, 0.4) is 0 Å². The molecule has 0 saturated heterocycles. The molecule has 3 heteroatoms. The molecule has 0 aliphatic heterocycles. The van der Waals surface area contributed by atoms with Gasteiger partial charge in [-0.25, -0.2) is 0 Å². The van der Waals surface area contributed by atoms with Gasteiger partial charge in [-0.1, -0.05) is 45.9 Å². The number of aromatic nitrogens is 1. The van der Waals surface area contributed by atoms with Crippen molar-refractivity contribution in [1.82, 2.24) is 10.3 Å². The Kier molecular flexibility index (Phi) is 5.05. The zero-order chi connectivity index (χ0) is 15.4. The number of hydrogen-bond donors (Lipinski definition) is 2. The van der Waals surface area contributed by atoms with Crippen molar-refractivity contribution in [3.63, 3.8) is 0 Å². The molecule has 0 aliphatic carbocycles. The number of carbonyl (C=O) groups is 1. The fourth-order valence-electron chi connectivity index (χ4n) is 2.99. The average Bonchev–Trinajstić information content (AvgIpc) is 2.81. The molecule has 21 heavy (non-hydrogen) atoms. The van der Waals surface area contributed by atoms with Crippen LogP contribution in [0.1, 0.15) is 33.3 Å². The van der Waals surface area contributed by atoms with Crippen LogP contribution in [-0.2, 0) is 11.2 Å². The van der Waals surface area contributed by atoms with Crippen LogP contribution in [0.4, 0.5) is 0 Å². The summed E-state index contributed by atoms with van der Waals surface area (Å²) in [6.45, 7) is 9.64. The van der Waals surface area contributed by atoms with Gasteiger partial charge in [0.05, 0.1) is 6.42 Å². The lowest BCUT2D eigenvalue weighted by Gasteiger charge is -2.25. The summed E-state index contributed by atoms with van der Waals surface area (Å²) in [6.07, 6.45) is 2.37. The zero-order valence-electron chi connectivity index (χ0n) is 13.4. The number of amides is 1. The smallest absolute Gasteiger partial charge is 0.224 e. The Hall–Kier alpha value is -1.77. The summed E-state index contributed by atoms with van der Waals surface area (Å²) in [5.41, 5.74) is 2.15. The number of H-pyrrole nitrogens is 1. The van der Waals surface area contributed by atoms with Crippen LogP contribution in [0.5, 0.6) is 0 Å². The Balaban J connectivity index is 1.96. The minimum absolute atomic E-state index is 0.103. The molecule has 0 spiro atoms. The minimum Gasteiger partial charge on any atom is -0.361 e. The van der Waals surface area contributed by atoms with E-state index in [4.69, 9.17) is 0 Å². The number of nitrogens with one attached hydrogen (secondary N) is 2. The summed E-state index contributed by atoms with van der Waals surface area (Å²) >= 11 is 0. The van der Waals surface area contributed by atoms with E-state index in [1.807, 2.05) is 24.4 Å². The molecule has 1 heterocycles. The maximum absolute atomic E-state index is 12.2. The van der Waals surface area contributed by atoms with E-state index in [0.29, 0.717) is 24.2 Å². The summed E-state index contributed by atoms with van der Waals surface area (Å²) in [5, 5.41) is 4.23. The molecule has 2 N–H and O–H groups in total. The first-order valence-corrected chi connectivity index (χ1v) is 7.80. The SMILES string of the molecule is CC(C)C(CNC(=O)Cc1c[nH]c2ccccc12)C(C)C. The van der Waals surface area contributed by atoms with E-state index in [2.05, 4.69) is 44.1 Å². The summed E-state index contributed by atoms with van der Waals surface area (Å²) in [5.74, 6) is 1.79. The van der Waals surface area contributed by atoms with Gasteiger partial charge in [-0.2, -0.15) is 0 Å². The summed E-state index contributed by atoms with van der Waals surface area (Å²) < 4.78 is 0. The van der Waals surface area contributed by atoms with Crippen molar-refractivity contribution >= 4 is 16.8 Å². The van der Waals surface area contributed by atoms with E-state index in [1.165, 1.54) is 0 Å². The Morgan fingerprint density at radius 1 is 1.14 bits per heavy atom. The molecule has 0 bridgehead atoms. The highest BCUT2D eigenvalue weighted by Crippen LogP contribution is 2.20. The van der Waals surface area contributed by atoms with Crippen LogP contribution < -0.4 is 5.32 Å². The van der Waals surface area contributed by atoms with Gasteiger partial charge in [-0.05, 0) is 29.4 Å². The molecular formula is C18H26N2O. The molecule has 0 radical (unpaired) electrons. The van der Waals surface area contributed by atoms with Crippen LogP contribution in [0.15, 0.2) is 30.5 Å². The van der Waals surface area contributed by atoms with Crippen LogP contribution in [-0.4, -0.2) is 17.4 Å². The fraction of sp³-hybridized carbons (Fsp3) is 0.500. The van der Waals surface area contributed by atoms with E-state index in [9.17, 15) is 4.79 Å². The molecule has 1 amide bonds. The second kappa shape index (κ2) is 6.79. The number of hydrogen-bond acceptors (Lipinski definition) is 1. The lowest BCUT2D eigenvalue weighted by Crippen LogP contribution is -2.34. The molecule has 2 aromatic rings. The van der Waals surface area contributed by atoms with E-state index in [-0.39, 0.29) is 5.91 Å². The van der Waals surface area contributed by atoms with Gasteiger partial charge in [-0.3, -0.25) is 4.79 Å². The van der Waals surface area contributed by atoms with Gasteiger partial charge < -0.3 is 10.3 Å². The Labute approximate surface area is 127 Å². The number of para-hydroxylation sites is 1. The van der Waals surface area contributed by atoms with E-state index in [1.54, 1.807) is 0 Å². The summed E-state index contributed by atoms with van der Waals surface area (Å²) in [4.78, 5) is 15.4. The summed E-state index contributed by atoms with van der Waals surface area (Å²) in [6, 6.07) is 8.09. The third-order valence-electron chi connectivity index (χ3n) is 4.27. The average molecular weight is 286 g/mol. The number of carbonyl (C=O) groups excluding carboxylic acids is 1. The van der Waals surface area contributed by atoms with E-state index in [0.717, 1.165) is 23.0 Å². The van der Waals surface area contributed by atoms with Gasteiger partial charge in [0.2, 0.25) is 5.91 Å². The van der Waals surface area contributed by atoms with Gasteiger partial charge >= 0.3 is 0 Å². The predicted molar refractivity (Wildman–Crippen MR) is 88.2 cm³/mol. The highest BCUT2D eigenvalue weighted by atomic mass is 16.1. The first-order valence-electron chi connectivity index (χ1n) is 7.80. The number of rotatable bonds is 6. The highest BCUT2D eigenvalue weighted by molar-refractivity contribution is 5.88. The maximum atomic E-state index is 12.2. The lowest BCUT2D eigenvalue weighted by atomic mass is 9.85. The number of fused-ring (bicyclic) bond motifs is 1. The van der Waals surface area contributed by atoms with Gasteiger partial charge in [0, 0.05) is 23.6 Å². The molecule has 0 fully saturated rings. The normalized spacial score (nSPS) is 11.8. The minimum atomic E-state index is 0.103. The van der Waals surface area contributed by atoms with Crippen LogP contribution >= 0.6 is 0 Å². The largest absolute Gasteiger partial charge is 0.361 e. The Bertz CT molecular complexity index is 590. The Morgan fingerprint density at radius 3 is 2.48 bits per heavy atom. The molecule has 0 aliphatic rings. The van der Waals surface area contributed by atoms with Crippen LogP contribution in [0, 0.1) is 17.8 Å². The van der Waals surface area contributed by atoms with Gasteiger partial charge in [0.1, 0.15) is 0 Å². The van der Waals surface area contributed by atoms with Gasteiger partial charge in [0.25, 0.3) is 0 Å². The summed E-state index contributed by atoms with van der Waals surface area (Å²) in [7, 11) is 0. The fourth-order valence-corrected chi connectivity index (χ4v) is 2.99. The maximum Gasteiger partial charge on any atom is 0.224 e. The van der Waals surface area contributed by atoms with Crippen molar-refractivity contribution < 1.29 is 4.79 Å². The van der Waals surface area contributed by atoms with Crippen LogP contribution in [0.2, 0.25) is 0 Å². The molecule has 0 atom stereocenters. The molecule has 3 nitrogen and oxygen atoms in total. The third-order valence-corrected chi connectivity index (χ3v) is 4.27. The van der Waals surface area contributed by atoms with Crippen molar-refractivity contribution in [2.45, 2.75) is 34.1 Å². The van der Waals surface area contributed by atoms with E-state index >= 15 is 0 Å². The van der Waals surface area contributed by atoms with Crippen molar-refractivity contribution in [2.75, 3.05) is 6.54 Å². The first-order chi connectivity index (χ1) is 9.99. The van der Waals surface area contributed by atoms with Gasteiger partial charge in [0.15, 0.2) is 0 Å². The predicted octanol–water partition coefficient (Wildman–Crippen LogP) is 3.75. The molecule has 114 valence electrons. The van der Waals surface area contributed by atoms with Crippen molar-refractivity contribution in [2.24, 2.45) is 17.8 Å². The van der Waals surface area contributed by atoms with Crippen LogP contribution in [0.25, 0.3) is 10.9 Å². The molecule has 1 aromatic carbocycles. The number of aromatic amines is 1. The quantitative estimate of drug-likeness (QED) is 0.834. The van der Waals surface area contributed by atoms with Crippen molar-refractivity contribution in [3.05, 3.63) is 36.0 Å². The second-order valence-electron chi connectivity index (χ2n) is 6.49. The third kappa shape index (κ3) is 3.87. The molecular weight excluding hydrogens is 260 g/mol. The topological polar surface area (TPSA) is 44.9 Å². The zero-order valence-corrected chi connectivity index (χ0v) is 13.4. The molecule has 1 aromatic heterocycles. The Morgan fingerprint density at radius 2 is 1.81 bits per heavy atom. The lowest BCUT2D eigenvalue weighted by molar-refractivity contribution is -0.120. The standard InChI is InChI=1S/C18H26N2O/c1-12(2)16(13(3)4)11-20-18(21)9-14-10-19-17-8-6-5-7-15(14)17/h5-8,10,12-13,16,19H,9,11H2,1-4H3,(H,20,21). The van der Waals surface area contributed by atoms with Crippen molar-refractivity contribution in [1.29, 1.82) is 0 Å². The van der Waals surface area contributed by atoms with Gasteiger partial charge in [-0.15, -0.1) is 0 Å². The monoisotopic (exact) mass is 286 g/mol.